The normalized spacial score (nSPS) is 11.8. The molecule has 156 valence electrons. The zero-order chi connectivity index (χ0) is 21.6. The van der Waals surface area contributed by atoms with E-state index in [0.717, 1.165) is 5.56 Å². The molecule has 0 heterocycles. The summed E-state index contributed by atoms with van der Waals surface area (Å²) in [6.07, 6.45) is 0. The van der Waals surface area contributed by atoms with Crippen LogP contribution in [0.15, 0.2) is 42.5 Å². The first kappa shape index (κ1) is 22.7. The molecule has 0 aliphatic heterocycles. The Bertz CT molecular complexity index is 873. The quantitative estimate of drug-likeness (QED) is 0.699. The van der Waals surface area contributed by atoms with Gasteiger partial charge in [-0.3, -0.25) is 9.59 Å². The van der Waals surface area contributed by atoms with E-state index in [9.17, 15) is 14.0 Å². The summed E-state index contributed by atoms with van der Waals surface area (Å²) >= 11 is 6.01. The van der Waals surface area contributed by atoms with Crippen LogP contribution in [0.2, 0.25) is 5.02 Å². The van der Waals surface area contributed by atoms with Gasteiger partial charge < -0.3 is 15.0 Å². The molecule has 0 aliphatic carbocycles. The lowest BCUT2D eigenvalue weighted by Gasteiger charge is -2.29. The Hall–Kier alpha value is -2.60. The molecule has 29 heavy (non-hydrogen) atoms. The molecule has 0 aromatic heterocycles. The number of benzene rings is 2. The molecule has 7 heteroatoms. The third-order valence-corrected chi connectivity index (χ3v) is 4.81. The fraction of sp³-hybridized carbons (Fsp3) is 0.364. The molecule has 1 N–H and O–H groups in total. The fourth-order valence-electron chi connectivity index (χ4n) is 2.73. The monoisotopic (exact) mass is 420 g/mol. The van der Waals surface area contributed by atoms with Gasteiger partial charge in [0.1, 0.15) is 17.6 Å². The lowest BCUT2D eigenvalue weighted by molar-refractivity contribution is -0.142. The number of nitrogens with one attached hydrogen (secondary N) is 1. The second kappa shape index (κ2) is 10.3. The molecule has 0 saturated carbocycles. The molecule has 0 bridgehead atoms. The largest absolute Gasteiger partial charge is 0.484 e. The first-order valence-corrected chi connectivity index (χ1v) is 9.79. The van der Waals surface area contributed by atoms with E-state index in [1.807, 2.05) is 20.8 Å². The summed E-state index contributed by atoms with van der Waals surface area (Å²) in [5, 5.41) is 3.38. The molecule has 0 radical (unpaired) electrons. The molecule has 0 aliphatic rings. The molecular formula is C22H26ClFN2O3. The summed E-state index contributed by atoms with van der Waals surface area (Å²) in [7, 11) is 0. The fourth-order valence-corrected chi connectivity index (χ4v) is 2.85. The van der Waals surface area contributed by atoms with Gasteiger partial charge in [0.05, 0.1) is 0 Å². The van der Waals surface area contributed by atoms with E-state index in [2.05, 4.69) is 5.32 Å². The molecule has 0 spiro atoms. The van der Waals surface area contributed by atoms with E-state index in [4.69, 9.17) is 16.3 Å². The minimum Gasteiger partial charge on any atom is -0.484 e. The van der Waals surface area contributed by atoms with Crippen LogP contribution < -0.4 is 10.1 Å². The van der Waals surface area contributed by atoms with Gasteiger partial charge in [0, 0.05) is 23.2 Å². The Morgan fingerprint density at radius 1 is 1.17 bits per heavy atom. The van der Waals surface area contributed by atoms with Crippen LogP contribution in [0, 0.1) is 12.7 Å². The van der Waals surface area contributed by atoms with Crippen molar-refractivity contribution in [2.45, 2.75) is 46.3 Å². The van der Waals surface area contributed by atoms with E-state index < -0.39 is 17.8 Å². The van der Waals surface area contributed by atoms with Crippen molar-refractivity contribution in [3.05, 3.63) is 64.4 Å². The summed E-state index contributed by atoms with van der Waals surface area (Å²) in [5.41, 5.74) is 1.15. The van der Waals surface area contributed by atoms with Crippen molar-refractivity contribution in [1.82, 2.24) is 10.2 Å². The Balaban J connectivity index is 2.18. The Morgan fingerprint density at radius 2 is 1.86 bits per heavy atom. The highest BCUT2D eigenvalue weighted by atomic mass is 35.5. The summed E-state index contributed by atoms with van der Waals surface area (Å²) in [6, 6.07) is 10.4. The highest BCUT2D eigenvalue weighted by molar-refractivity contribution is 6.31. The lowest BCUT2D eigenvalue weighted by Crippen LogP contribution is -2.50. The summed E-state index contributed by atoms with van der Waals surface area (Å²) in [4.78, 5) is 26.7. The molecule has 0 saturated heterocycles. The van der Waals surface area contributed by atoms with Crippen molar-refractivity contribution in [2.75, 3.05) is 6.61 Å². The van der Waals surface area contributed by atoms with Gasteiger partial charge in [0.2, 0.25) is 5.91 Å². The molecule has 2 amide bonds. The third kappa shape index (κ3) is 6.46. The second-order valence-corrected chi connectivity index (χ2v) is 7.56. The van der Waals surface area contributed by atoms with Crippen molar-refractivity contribution >= 4 is 23.4 Å². The molecule has 2 aromatic carbocycles. The van der Waals surface area contributed by atoms with Crippen LogP contribution in [0.1, 0.15) is 31.9 Å². The van der Waals surface area contributed by atoms with E-state index in [1.165, 1.54) is 11.0 Å². The number of nitrogens with zero attached hydrogens (tertiary/aromatic N) is 1. The maximum atomic E-state index is 14.1. The lowest BCUT2D eigenvalue weighted by atomic mass is 10.1. The number of amides is 2. The summed E-state index contributed by atoms with van der Waals surface area (Å²) in [5.74, 6) is -0.680. The number of rotatable bonds is 8. The number of carbonyl (C=O) groups excluding carboxylic acids is 2. The van der Waals surface area contributed by atoms with Crippen LogP contribution in [0.3, 0.4) is 0 Å². The highest BCUT2D eigenvalue weighted by Gasteiger charge is 2.27. The Morgan fingerprint density at radius 3 is 2.48 bits per heavy atom. The number of halogens is 2. The van der Waals surface area contributed by atoms with Gasteiger partial charge in [0.25, 0.3) is 5.91 Å². The average molecular weight is 421 g/mol. The predicted molar refractivity (Wildman–Crippen MR) is 111 cm³/mol. The molecule has 1 atom stereocenters. The van der Waals surface area contributed by atoms with Crippen molar-refractivity contribution in [2.24, 2.45) is 0 Å². The van der Waals surface area contributed by atoms with Crippen LogP contribution in [0.4, 0.5) is 4.39 Å². The standard InChI is InChI=1S/C22H26ClFN2O3/c1-14(2)25-22(28)16(4)26(12-17-7-5-6-8-20(17)24)21(27)13-29-18-9-10-19(23)15(3)11-18/h5-11,14,16H,12-13H2,1-4H3,(H,25,28)/t16-/m0/s1. The van der Waals surface area contributed by atoms with Gasteiger partial charge in [0.15, 0.2) is 6.61 Å². The maximum absolute atomic E-state index is 14.1. The molecule has 5 nitrogen and oxygen atoms in total. The van der Waals surface area contributed by atoms with Crippen molar-refractivity contribution < 1.29 is 18.7 Å². The molecule has 0 fully saturated rings. The van der Waals surface area contributed by atoms with Crippen molar-refractivity contribution in [3.63, 3.8) is 0 Å². The van der Waals surface area contributed by atoms with Crippen LogP contribution in [0.25, 0.3) is 0 Å². The van der Waals surface area contributed by atoms with Gasteiger partial charge in [-0.1, -0.05) is 29.8 Å². The minimum absolute atomic E-state index is 0.0405. The van der Waals surface area contributed by atoms with Crippen LogP contribution in [0.5, 0.6) is 5.75 Å². The van der Waals surface area contributed by atoms with E-state index >= 15 is 0 Å². The minimum atomic E-state index is -0.792. The van der Waals surface area contributed by atoms with Crippen molar-refractivity contribution in [1.29, 1.82) is 0 Å². The highest BCUT2D eigenvalue weighted by Crippen LogP contribution is 2.21. The number of aryl methyl sites for hydroxylation is 1. The SMILES string of the molecule is Cc1cc(OCC(=O)N(Cc2ccccc2F)[C@@H](C)C(=O)NC(C)C)ccc1Cl. The molecular weight excluding hydrogens is 395 g/mol. The zero-order valence-corrected chi connectivity index (χ0v) is 17.8. The molecule has 0 unspecified atom stereocenters. The predicted octanol–water partition coefficient (Wildman–Crippen LogP) is 4.11. The van der Waals surface area contributed by atoms with Gasteiger partial charge in [-0.05, 0) is 57.5 Å². The van der Waals surface area contributed by atoms with E-state index in [1.54, 1.807) is 43.3 Å². The molecule has 2 aromatic rings. The average Bonchev–Trinajstić information content (AvgIpc) is 2.67. The zero-order valence-electron chi connectivity index (χ0n) is 17.0. The van der Waals surface area contributed by atoms with Gasteiger partial charge in [-0.15, -0.1) is 0 Å². The Kier molecular flexibility index (Phi) is 8.02. The Labute approximate surface area is 175 Å². The van der Waals surface area contributed by atoms with Crippen LogP contribution in [-0.4, -0.2) is 35.4 Å². The van der Waals surface area contributed by atoms with Crippen molar-refractivity contribution in [3.8, 4) is 5.75 Å². The number of carbonyl (C=O) groups is 2. The smallest absolute Gasteiger partial charge is 0.261 e. The maximum Gasteiger partial charge on any atom is 0.261 e. The van der Waals surface area contributed by atoms with Gasteiger partial charge in [-0.25, -0.2) is 4.39 Å². The molecule has 2 rings (SSSR count). The van der Waals surface area contributed by atoms with Crippen LogP contribution >= 0.6 is 11.6 Å². The third-order valence-electron chi connectivity index (χ3n) is 4.39. The first-order valence-electron chi connectivity index (χ1n) is 9.41. The first-order chi connectivity index (χ1) is 13.7. The second-order valence-electron chi connectivity index (χ2n) is 7.15. The van der Waals surface area contributed by atoms with E-state index in [-0.39, 0.29) is 25.1 Å². The van der Waals surface area contributed by atoms with Crippen LogP contribution in [-0.2, 0) is 16.1 Å². The summed E-state index contributed by atoms with van der Waals surface area (Å²) < 4.78 is 19.7. The summed E-state index contributed by atoms with van der Waals surface area (Å²) in [6.45, 7) is 6.79. The van der Waals surface area contributed by atoms with Gasteiger partial charge >= 0.3 is 0 Å². The van der Waals surface area contributed by atoms with Gasteiger partial charge in [-0.2, -0.15) is 0 Å². The van der Waals surface area contributed by atoms with E-state index in [0.29, 0.717) is 16.3 Å². The number of ether oxygens (including phenoxy) is 1. The topological polar surface area (TPSA) is 58.6 Å². The number of hydrogen-bond donors (Lipinski definition) is 1. The number of hydrogen-bond acceptors (Lipinski definition) is 3.